The normalized spacial score (nSPS) is 19.5. The summed E-state index contributed by atoms with van der Waals surface area (Å²) in [5.41, 5.74) is 1.63. The predicted octanol–water partition coefficient (Wildman–Crippen LogP) is 3.54. The average Bonchev–Trinajstić information content (AvgIpc) is 3.34. The van der Waals surface area contributed by atoms with Crippen LogP contribution in [0.15, 0.2) is 23.2 Å². The molecule has 1 saturated heterocycles. The van der Waals surface area contributed by atoms with Crippen molar-refractivity contribution in [2.24, 2.45) is 4.99 Å². The molecule has 4 rings (SSSR count). The zero-order valence-corrected chi connectivity index (χ0v) is 15.7. The van der Waals surface area contributed by atoms with E-state index in [-0.39, 0.29) is 12.7 Å². The molecule has 0 bridgehead atoms. The number of ether oxygens (including phenoxy) is 2. The minimum atomic E-state index is -0.215. The summed E-state index contributed by atoms with van der Waals surface area (Å²) in [7, 11) is 2.12. The van der Waals surface area contributed by atoms with Gasteiger partial charge in [-0.15, -0.1) is 11.3 Å². The molecule has 2 aromatic rings. The molecule has 7 heteroatoms. The number of likely N-dealkylation sites (tertiary alicyclic amines) is 1. The third kappa shape index (κ3) is 3.37. The van der Waals surface area contributed by atoms with E-state index in [2.05, 4.69) is 21.9 Å². The van der Waals surface area contributed by atoms with Crippen molar-refractivity contribution in [2.45, 2.75) is 32.2 Å². The Morgan fingerprint density at radius 2 is 2.27 bits per heavy atom. The van der Waals surface area contributed by atoms with Crippen LogP contribution in [0.2, 0.25) is 0 Å². The highest BCUT2D eigenvalue weighted by molar-refractivity contribution is 7.17. The van der Waals surface area contributed by atoms with Crippen LogP contribution in [0.25, 0.3) is 10.6 Å². The summed E-state index contributed by atoms with van der Waals surface area (Å²) in [6.07, 6.45) is 4.96. The molecule has 0 radical (unpaired) electrons. The molecule has 6 nitrogen and oxygen atoms in total. The van der Waals surface area contributed by atoms with Gasteiger partial charge in [0.1, 0.15) is 9.88 Å². The number of carbonyl (C=O) groups excluding carboxylic acids is 1. The topological polar surface area (TPSA) is 64.0 Å². The van der Waals surface area contributed by atoms with Gasteiger partial charge < -0.3 is 14.4 Å². The summed E-state index contributed by atoms with van der Waals surface area (Å²) in [6.45, 7) is 3.21. The fourth-order valence-electron chi connectivity index (χ4n) is 3.34. The molecular formula is C19H21N3O3S. The van der Waals surface area contributed by atoms with Gasteiger partial charge in [-0.2, -0.15) is 0 Å². The standard InChI is InChI=1S/C19H21N3O3S/c1-12-17(18(23)20-8-7-14-4-3-9-22(14)2)26-19(21-12)13-5-6-15-16(10-13)25-11-24-15/h5-6,8,10,14H,3-4,7,9,11H2,1-2H3. The molecule has 1 unspecified atom stereocenters. The molecule has 0 spiro atoms. The van der Waals surface area contributed by atoms with Crippen LogP contribution in [0.1, 0.15) is 34.6 Å². The highest BCUT2D eigenvalue weighted by Gasteiger charge is 2.21. The summed E-state index contributed by atoms with van der Waals surface area (Å²) in [4.78, 5) is 24.1. The van der Waals surface area contributed by atoms with Crippen LogP contribution in [0.4, 0.5) is 0 Å². The third-order valence-corrected chi connectivity index (χ3v) is 6.06. The van der Waals surface area contributed by atoms with Gasteiger partial charge in [-0.05, 0) is 58.0 Å². The van der Waals surface area contributed by atoms with Gasteiger partial charge in [-0.3, -0.25) is 4.79 Å². The lowest BCUT2D eigenvalue weighted by Crippen LogP contribution is -2.25. The van der Waals surface area contributed by atoms with Gasteiger partial charge in [0, 0.05) is 17.8 Å². The molecule has 0 N–H and O–H groups in total. The SMILES string of the molecule is Cc1nc(-c2ccc3c(c2)OCO3)sc1C(=O)N=CCC1CCCN1C. The lowest BCUT2D eigenvalue weighted by atomic mass is 10.2. The Morgan fingerprint density at radius 3 is 3.08 bits per heavy atom. The smallest absolute Gasteiger partial charge is 0.288 e. The van der Waals surface area contributed by atoms with Crippen LogP contribution >= 0.6 is 11.3 Å². The molecule has 136 valence electrons. The minimum absolute atomic E-state index is 0.215. The van der Waals surface area contributed by atoms with Gasteiger partial charge >= 0.3 is 0 Å². The molecule has 3 heterocycles. The van der Waals surface area contributed by atoms with Crippen LogP contribution in [0.5, 0.6) is 11.5 Å². The third-order valence-electron chi connectivity index (χ3n) is 4.87. The Balaban J connectivity index is 1.48. The maximum Gasteiger partial charge on any atom is 0.288 e. The monoisotopic (exact) mass is 371 g/mol. The number of thiazole rings is 1. The van der Waals surface area contributed by atoms with Gasteiger partial charge in [0.25, 0.3) is 5.91 Å². The number of nitrogens with zero attached hydrogens (tertiary/aromatic N) is 3. The van der Waals surface area contributed by atoms with Crippen molar-refractivity contribution in [1.29, 1.82) is 0 Å². The predicted molar refractivity (Wildman–Crippen MR) is 102 cm³/mol. The number of hydrogen-bond acceptors (Lipinski definition) is 6. The molecular weight excluding hydrogens is 350 g/mol. The number of benzene rings is 1. The minimum Gasteiger partial charge on any atom is -0.454 e. The van der Waals surface area contributed by atoms with Crippen molar-refractivity contribution in [3.05, 3.63) is 28.8 Å². The Kier molecular flexibility index (Phi) is 4.74. The van der Waals surface area contributed by atoms with Gasteiger partial charge in [-0.1, -0.05) is 0 Å². The number of aliphatic imine (C=N–C) groups is 1. The van der Waals surface area contributed by atoms with E-state index in [1.165, 1.54) is 24.2 Å². The zero-order chi connectivity index (χ0) is 18.1. The molecule has 1 aromatic heterocycles. The highest BCUT2D eigenvalue weighted by atomic mass is 32.1. The first kappa shape index (κ1) is 17.2. The molecule has 0 aliphatic carbocycles. The molecule has 0 saturated carbocycles. The van der Waals surface area contributed by atoms with Crippen molar-refractivity contribution in [2.75, 3.05) is 20.4 Å². The summed E-state index contributed by atoms with van der Waals surface area (Å²) in [6, 6.07) is 6.19. The average molecular weight is 371 g/mol. The summed E-state index contributed by atoms with van der Waals surface area (Å²) in [5.74, 6) is 1.23. The van der Waals surface area contributed by atoms with E-state index >= 15 is 0 Å². The number of carbonyl (C=O) groups is 1. The van der Waals surface area contributed by atoms with E-state index in [4.69, 9.17) is 9.47 Å². The first-order chi connectivity index (χ1) is 12.6. The zero-order valence-electron chi connectivity index (χ0n) is 14.9. The molecule has 1 amide bonds. The molecule has 2 aliphatic rings. The van der Waals surface area contributed by atoms with E-state index in [1.807, 2.05) is 25.1 Å². The largest absolute Gasteiger partial charge is 0.454 e. The second kappa shape index (κ2) is 7.17. The Morgan fingerprint density at radius 1 is 1.42 bits per heavy atom. The summed E-state index contributed by atoms with van der Waals surface area (Å²) < 4.78 is 10.8. The number of aromatic nitrogens is 1. The van der Waals surface area contributed by atoms with E-state index in [0.717, 1.165) is 29.3 Å². The Hall–Kier alpha value is -2.25. The molecule has 1 aromatic carbocycles. The summed E-state index contributed by atoms with van der Waals surface area (Å²) >= 11 is 1.37. The second-order valence-corrected chi connectivity index (χ2v) is 7.63. The van der Waals surface area contributed by atoms with E-state index in [0.29, 0.717) is 22.4 Å². The van der Waals surface area contributed by atoms with Crippen LogP contribution < -0.4 is 9.47 Å². The lowest BCUT2D eigenvalue weighted by Gasteiger charge is -2.16. The van der Waals surface area contributed by atoms with Crippen molar-refractivity contribution >= 4 is 23.5 Å². The fraction of sp³-hybridized carbons (Fsp3) is 0.421. The maximum atomic E-state index is 12.5. The first-order valence-corrected chi connectivity index (χ1v) is 9.58. The lowest BCUT2D eigenvalue weighted by molar-refractivity contribution is 0.101. The van der Waals surface area contributed by atoms with Crippen LogP contribution in [-0.2, 0) is 0 Å². The quantitative estimate of drug-likeness (QED) is 0.769. The Bertz CT molecular complexity index is 862. The van der Waals surface area contributed by atoms with Crippen LogP contribution in [-0.4, -0.2) is 48.4 Å². The Labute approximate surface area is 156 Å². The molecule has 26 heavy (non-hydrogen) atoms. The number of aryl methyl sites for hydroxylation is 1. The van der Waals surface area contributed by atoms with Gasteiger partial charge in [0.2, 0.25) is 6.79 Å². The number of hydrogen-bond donors (Lipinski definition) is 0. The fourth-order valence-corrected chi connectivity index (χ4v) is 4.29. The number of fused-ring (bicyclic) bond motifs is 1. The van der Waals surface area contributed by atoms with Crippen molar-refractivity contribution in [1.82, 2.24) is 9.88 Å². The second-order valence-electron chi connectivity index (χ2n) is 6.63. The van der Waals surface area contributed by atoms with Gasteiger partial charge in [0.15, 0.2) is 11.5 Å². The highest BCUT2D eigenvalue weighted by Crippen LogP contribution is 2.37. The molecule has 1 fully saturated rings. The van der Waals surface area contributed by atoms with E-state index in [9.17, 15) is 4.79 Å². The van der Waals surface area contributed by atoms with Crippen molar-refractivity contribution < 1.29 is 14.3 Å². The van der Waals surface area contributed by atoms with Crippen LogP contribution in [0, 0.1) is 6.92 Å². The maximum absolute atomic E-state index is 12.5. The number of rotatable bonds is 4. The van der Waals surface area contributed by atoms with E-state index < -0.39 is 0 Å². The van der Waals surface area contributed by atoms with E-state index in [1.54, 1.807) is 6.21 Å². The first-order valence-electron chi connectivity index (χ1n) is 8.76. The van der Waals surface area contributed by atoms with Crippen molar-refractivity contribution in [3.8, 4) is 22.1 Å². The van der Waals surface area contributed by atoms with Gasteiger partial charge in [0.05, 0.1) is 5.69 Å². The van der Waals surface area contributed by atoms with Crippen molar-refractivity contribution in [3.63, 3.8) is 0 Å². The molecule has 1 atom stereocenters. The summed E-state index contributed by atoms with van der Waals surface area (Å²) in [5, 5.41) is 0.787. The number of amides is 1. The van der Waals surface area contributed by atoms with Gasteiger partial charge in [-0.25, -0.2) is 9.98 Å². The molecule has 2 aliphatic heterocycles. The van der Waals surface area contributed by atoms with Crippen LogP contribution in [0.3, 0.4) is 0 Å².